The molecular weight excluding hydrogens is 174 g/mol. The molecule has 0 aliphatic carbocycles. The van der Waals surface area contributed by atoms with Crippen LogP contribution in [0, 0.1) is 0 Å². The molecule has 13 heavy (non-hydrogen) atoms. The van der Waals surface area contributed by atoms with E-state index in [4.69, 9.17) is 51.6 Å². The van der Waals surface area contributed by atoms with Crippen LogP contribution in [0.5, 0.6) is 0 Å². The molecule has 0 aliphatic heterocycles. The topological polar surface area (TPSA) is 234 Å². The molecule has 0 rings (SSSR count). The van der Waals surface area contributed by atoms with Gasteiger partial charge in [-0.25, -0.2) is 0 Å². The highest BCUT2D eigenvalue weighted by Crippen LogP contribution is 2.11. The summed E-state index contributed by atoms with van der Waals surface area (Å²) in [5.41, 5.74) is 44.3. The van der Waals surface area contributed by atoms with Crippen LogP contribution in [0.1, 0.15) is 0 Å². The van der Waals surface area contributed by atoms with Crippen LogP contribution in [0.3, 0.4) is 0 Å². The fourth-order valence-corrected chi connectivity index (χ4v) is 0.651. The third-order valence-electron chi connectivity index (χ3n) is 1.98. The quantitative estimate of drug-likeness (QED) is 0.193. The predicted octanol–water partition coefficient (Wildman–Crippen LogP) is -6.01. The molecule has 0 aromatic carbocycles. The molecule has 0 heterocycles. The first kappa shape index (κ1) is 12.6. The highest BCUT2D eigenvalue weighted by molar-refractivity contribution is 5.12. The molecule has 0 unspecified atom stereocenters. The monoisotopic (exact) mass is 193 g/mol. The van der Waals surface area contributed by atoms with Gasteiger partial charge in [0.15, 0.2) is 5.79 Å². The SMILES string of the molecule is NC(N)C(N)(N)C(N)(N)C(N)(N)N. The zero-order chi connectivity index (χ0) is 11.1. The van der Waals surface area contributed by atoms with Crippen LogP contribution >= 0.6 is 0 Å². The second-order valence-corrected chi connectivity index (χ2v) is 3.26. The van der Waals surface area contributed by atoms with Gasteiger partial charge in [0.1, 0.15) is 11.3 Å². The summed E-state index contributed by atoms with van der Waals surface area (Å²) in [6.45, 7) is 0. The molecule has 0 spiro atoms. The minimum absolute atomic E-state index is 1.21. The van der Waals surface area contributed by atoms with E-state index in [1.165, 1.54) is 0 Å². The van der Waals surface area contributed by atoms with Crippen LogP contribution in [0.15, 0.2) is 0 Å². The van der Waals surface area contributed by atoms with Gasteiger partial charge in [0.25, 0.3) is 0 Å². The summed E-state index contributed by atoms with van der Waals surface area (Å²) in [6, 6.07) is 0. The van der Waals surface area contributed by atoms with Crippen LogP contribution in [-0.4, -0.2) is 23.3 Å². The summed E-state index contributed by atoms with van der Waals surface area (Å²) in [6.07, 6.45) is -1.21. The molecule has 9 nitrogen and oxygen atoms in total. The Kier molecular flexibility index (Phi) is 3.01. The van der Waals surface area contributed by atoms with Crippen molar-refractivity contribution in [1.29, 1.82) is 0 Å². The van der Waals surface area contributed by atoms with Crippen molar-refractivity contribution in [3.05, 3.63) is 0 Å². The third-order valence-corrected chi connectivity index (χ3v) is 1.98. The third kappa shape index (κ3) is 1.94. The van der Waals surface area contributed by atoms with Crippen molar-refractivity contribution < 1.29 is 0 Å². The predicted molar refractivity (Wildman–Crippen MR) is 49.7 cm³/mol. The van der Waals surface area contributed by atoms with E-state index < -0.39 is 23.3 Å². The van der Waals surface area contributed by atoms with Gasteiger partial charge in [-0.2, -0.15) is 0 Å². The molecule has 0 radical (unpaired) electrons. The van der Waals surface area contributed by atoms with Gasteiger partial charge in [-0.05, 0) is 0 Å². The summed E-state index contributed by atoms with van der Waals surface area (Å²) in [7, 11) is 0. The van der Waals surface area contributed by atoms with E-state index in [-0.39, 0.29) is 0 Å². The maximum atomic E-state index is 5.47. The molecule has 0 amide bonds. The molecule has 0 aliphatic rings. The second kappa shape index (κ2) is 3.09. The summed E-state index contributed by atoms with van der Waals surface area (Å²) in [4.78, 5) is 0. The van der Waals surface area contributed by atoms with Gasteiger partial charge < -0.3 is 34.4 Å². The van der Waals surface area contributed by atoms with E-state index in [0.29, 0.717) is 0 Å². The minimum Gasteiger partial charge on any atom is -0.313 e. The first-order valence-electron chi connectivity index (χ1n) is 3.48. The van der Waals surface area contributed by atoms with Gasteiger partial charge in [0, 0.05) is 0 Å². The maximum Gasteiger partial charge on any atom is 0.151 e. The summed E-state index contributed by atoms with van der Waals surface area (Å²) >= 11 is 0. The lowest BCUT2D eigenvalue weighted by atomic mass is 9.87. The highest BCUT2D eigenvalue weighted by Gasteiger charge is 2.53. The Morgan fingerprint density at radius 2 is 1.00 bits per heavy atom. The maximum absolute atomic E-state index is 5.47. The Labute approximate surface area is 75.9 Å². The van der Waals surface area contributed by atoms with E-state index in [2.05, 4.69) is 0 Å². The lowest BCUT2D eigenvalue weighted by molar-refractivity contribution is 0.104. The Morgan fingerprint density at radius 1 is 0.692 bits per heavy atom. The van der Waals surface area contributed by atoms with Crippen molar-refractivity contribution in [3.8, 4) is 0 Å². The van der Waals surface area contributed by atoms with Crippen LogP contribution in [0.25, 0.3) is 0 Å². The molecular formula is C4H19N9. The Bertz CT molecular complexity index is 177. The number of rotatable bonds is 3. The van der Waals surface area contributed by atoms with Crippen molar-refractivity contribution in [1.82, 2.24) is 0 Å². The smallest absolute Gasteiger partial charge is 0.151 e. The molecule has 0 aromatic rings. The average molecular weight is 193 g/mol. The van der Waals surface area contributed by atoms with Crippen LogP contribution in [-0.2, 0) is 0 Å². The van der Waals surface area contributed by atoms with Gasteiger partial charge in [-0.3, -0.25) is 17.2 Å². The second-order valence-electron chi connectivity index (χ2n) is 3.26. The van der Waals surface area contributed by atoms with Crippen LogP contribution < -0.4 is 51.6 Å². The van der Waals surface area contributed by atoms with E-state index in [9.17, 15) is 0 Å². The van der Waals surface area contributed by atoms with Crippen LogP contribution in [0.4, 0.5) is 0 Å². The zero-order valence-corrected chi connectivity index (χ0v) is 7.27. The van der Waals surface area contributed by atoms with E-state index >= 15 is 0 Å². The van der Waals surface area contributed by atoms with Crippen molar-refractivity contribution in [2.75, 3.05) is 0 Å². The minimum atomic E-state index is -2.01. The molecule has 80 valence electrons. The van der Waals surface area contributed by atoms with Crippen LogP contribution in [0.2, 0.25) is 0 Å². The van der Waals surface area contributed by atoms with Crippen molar-refractivity contribution in [2.24, 2.45) is 51.6 Å². The first-order valence-corrected chi connectivity index (χ1v) is 3.48. The number of hydrogen-bond acceptors (Lipinski definition) is 9. The van der Waals surface area contributed by atoms with Crippen molar-refractivity contribution in [3.63, 3.8) is 0 Å². The van der Waals surface area contributed by atoms with Gasteiger partial charge in [0.2, 0.25) is 0 Å². The highest BCUT2D eigenvalue weighted by atomic mass is 15.3. The Hall–Kier alpha value is -0.360. The Balaban J connectivity index is 5.04. The lowest BCUT2D eigenvalue weighted by Crippen LogP contribution is -2.95. The fourth-order valence-electron chi connectivity index (χ4n) is 0.651. The van der Waals surface area contributed by atoms with Gasteiger partial charge in [0.05, 0.1) is 6.17 Å². The molecule has 0 saturated carbocycles. The fraction of sp³-hybridized carbons (Fsp3) is 1.00. The average Bonchev–Trinajstić information content (AvgIpc) is 1.84. The molecule has 0 saturated heterocycles. The molecule has 0 aromatic heterocycles. The molecule has 0 fully saturated rings. The molecule has 9 heteroatoms. The first-order chi connectivity index (χ1) is 5.44. The van der Waals surface area contributed by atoms with Crippen molar-refractivity contribution in [2.45, 2.75) is 23.3 Å². The van der Waals surface area contributed by atoms with Gasteiger partial charge >= 0.3 is 0 Å². The number of nitrogens with two attached hydrogens (primary N) is 9. The normalized spacial score (nSPS) is 15.2. The molecule has 0 bridgehead atoms. The van der Waals surface area contributed by atoms with E-state index in [0.717, 1.165) is 0 Å². The summed E-state index contributed by atoms with van der Waals surface area (Å²) in [5, 5.41) is 0. The van der Waals surface area contributed by atoms with E-state index in [1.54, 1.807) is 0 Å². The molecule has 18 N–H and O–H groups in total. The largest absolute Gasteiger partial charge is 0.313 e. The van der Waals surface area contributed by atoms with E-state index in [1.807, 2.05) is 0 Å². The van der Waals surface area contributed by atoms with Gasteiger partial charge in [-0.1, -0.05) is 0 Å². The molecule has 0 atom stereocenters. The Morgan fingerprint density at radius 3 is 1.08 bits per heavy atom. The number of hydrogen-bond donors (Lipinski definition) is 9. The lowest BCUT2D eigenvalue weighted by Gasteiger charge is -2.48. The standard InChI is InChI=1S/C4H19N9/c5-1(6)2(7,8)3(9,10)4(11,12)13/h1H,5-13H2. The zero-order valence-electron chi connectivity index (χ0n) is 7.27. The van der Waals surface area contributed by atoms with Crippen molar-refractivity contribution >= 4 is 0 Å². The summed E-state index contributed by atoms with van der Waals surface area (Å²) < 4.78 is 0. The van der Waals surface area contributed by atoms with Gasteiger partial charge in [-0.15, -0.1) is 0 Å². The summed E-state index contributed by atoms with van der Waals surface area (Å²) in [5.74, 6) is -1.99.